The van der Waals surface area contributed by atoms with Crippen molar-refractivity contribution < 1.29 is 41.4 Å². The maximum atomic E-state index is 14.4. The van der Waals surface area contributed by atoms with Crippen LogP contribution in [-0.4, -0.2) is 90.2 Å². The van der Waals surface area contributed by atoms with Crippen molar-refractivity contribution in [1.82, 2.24) is 20.1 Å². The molecule has 254 valence electrons. The minimum atomic E-state index is -5.00. The van der Waals surface area contributed by atoms with Crippen LogP contribution in [0.25, 0.3) is 22.0 Å². The van der Waals surface area contributed by atoms with Gasteiger partial charge >= 0.3 is 12.1 Å². The maximum Gasteiger partial charge on any atom is 0.403 e. The average molecular weight is 663 g/mol. The van der Waals surface area contributed by atoms with Gasteiger partial charge in [-0.2, -0.15) is 13.2 Å². The number of piperidine rings is 2. The highest BCUT2D eigenvalue weighted by molar-refractivity contribution is 5.99. The van der Waals surface area contributed by atoms with Crippen LogP contribution >= 0.6 is 0 Å². The van der Waals surface area contributed by atoms with Crippen molar-refractivity contribution in [2.24, 2.45) is 5.41 Å². The molecule has 13 heteroatoms. The monoisotopic (exact) mass is 662 g/mol. The number of hydrogen-bond donors (Lipinski definition) is 2. The number of rotatable bonds is 11. The summed E-state index contributed by atoms with van der Waals surface area (Å²) in [6.45, 7) is 1.29. The molecule has 5 rings (SSSR count). The number of carbonyl (C=O) groups is 2. The summed E-state index contributed by atoms with van der Waals surface area (Å²) in [7, 11) is 1.59. The molecule has 2 N–H and O–H groups in total. The van der Waals surface area contributed by atoms with Crippen molar-refractivity contribution in [3.63, 3.8) is 0 Å². The van der Waals surface area contributed by atoms with Crippen LogP contribution in [0.15, 0.2) is 48.7 Å². The molecule has 0 bridgehead atoms. The Kier molecular flexibility index (Phi) is 10.6. The molecule has 3 aromatic rings. The van der Waals surface area contributed by atoms with Crippen LogP contribution < -0.4 is 10.1 Å². The van der Waals surface area contributed by atoms with E-state index in [1.807, 2.05) is 18.2 Å². The molecule has 8 nitrogen and oxygen atoms in total. The van der Waals surface area contributed by atoms with E-state index in [4.69, 9.17) is 4.74 Å². The van der Waals surface area contributed by atoms with Crippen LogP contribution in [-0.2, 0) is 22.6 Å². The van der Waals surface area contributed by atoms with Crippen LogP contribution in [0.3, 0.4) is 0 Å². The van der Waals surface area contributed by atoms with Gasteiger partial charge in [0.2, 0.25) is 5.91 Å². The molecular formula is C34H39F5N4O4. The molecule has 0 spiro atoms. The van der Waals surface area contributed by atoms with E-state index in [-0.39, 0.29) is 19.5 Å². The Balaban J connectivity index is 1.42. The third-order valence-electron chi connectivity index (χ3n) is 9.41. The molecule has 2 saturated heterocycles. The van der Waals surface area contributed by atoms with E-state index >= 15 is 0 Å². The number of halogens is 5. The highest BCUT2D eigenvalue weighted by Crippen LogP contribution is 2.47. The normalized spacial score (nSPS) is 18.3. The SMILES string of the molecule is COc1c(CN2CCCCC2)ccnc1-c1cccc2c(C[C@H](NC(=O)C3(C(F)(F)F)CCN(CC(F)F)CC3)C(=O)O)cccc12. The number of carboxylic acid groups (broad SMARTS) is 1. The molecule has 1 atom stereocenters. The number of pyridine rings is 1. The van der Waals surface area contributed by atoms with E-state index in [2.05, 4.69) is 15.2 Å². The Labute approximate surface area is 269 Å². The Morgan fingerprint density at radius 2 is 1.64 bits per heavy atom. The van der Waals surface area contributed by atoms with E-state index < -0.39 is 55.3 Å². The Hall–Kier alpha value is -3.84. The molecule has 0 unspecified atom stereocenters. The van der Waals surface area contributed by atoms with Gasteiger partial charge in [-0.1, -0.05) is 42.8 Å². The van der Waals surface area contributed by atoms with Gasteiger partial charge in [0.05, 0.1) is 13.7 Å². The van der Waals surface area contributed by atoms with Crippen molar-refractivity contribution in [2.45, 2.75) is 63.7 Å². The minimum Gasteiger partial charge on any atom is -0.494 e. The molecular weight excluding hydrogens is 623 g/mol. The van der Waals surface area contributed by atoms with E-state index in [1.54, 1.807) is 37.6 Å². The zero-order valence-electron chi connectivity index (χ0n) is 26.2. The van der Waals surface area contributed by atoms with Crippen LogP contribution in [0.4, 0.5) is 22.0 Å². The number of aromatic nitrogens is 1. The third-order valence-corrected chi connectivity index (χ3v) is 9.41. The van der Waals surface area contributed by atoms with Gasteiger partial charge in [-0.25, -0.2) is 13.6 Å². The number of hydrogen-bond acceptors (Lipinski definition) is 6. The third kappa shape index (κ3) is 7.51. The molecule has 2 fully saturated rings. The van der Waals surface area contributed by atoms with E-state index in [9.17, 15) is 36.6 Å². The van der Waals surface area contributed by atoms with Gasteiger partial charge in [0.25, 0.3) is 6.43 Å². The fraction of sp³-hybridized carbons (Fsp3) is 0.500. The van der Waals surface area contributed by atoms with E-state index in [1.165, 1.54) is 11.3 Å². The number of carbonyl (C=O) groups excluding carboxylic acids is 1. The number of aliphatic carboxylic acids is 1. The van der Waals surface area contributed by atoms with Gasteiger partial charge < -0.3 is 15.2 Å². The topological polar surface area (TPSA) is 95.0 Å². The number of fused-ring (bicyclic) bond motifs is 1. The number of alkyl halides is 5. The molecule has 2 aromatic carbocycles. The molecule has 0 radical (unpaired) electrons. The molecule has 3 heterocycles. The van der Waals surface area contributed by atoms with Gasteiger partial charge in [0.15, 0.2) is 0 Å². The predicted octanol–water partition coefficient (Wildman–Crippen LogP) is 5.92. The quantitative estimate of drug-likeness (QED) is 0.247. The number of ether oxygens (including phenoxy) is 1. The number of carboxylic acids is 1. The zero-order chi connectivity index (χ0) is 33.8. The van der Waals surface area contributed by atoms with E-state index in [0.717, 1.165) is 42.4 Å². The molecule has 1 aromatic heterocycles. The first kappa shape index (κ1) is 34.5. The molecule has 1 amide bonds. The van der Waals surface area contributed by atoms with Crippen molar-refractivity contribution >= 4 is 22.6 Å². The van der Waals surface area contributed by atoms with Crippen molar-refractivity contribution in [3.8, 4) is 17.0 Å². The first-order valence-electron chi connectivity index (χ1n) is 15.8. The smallest absolute Gasteiger partial charge is 0.403 e. The van der Waals surface area contributed by atoms with Gasteiger partial charge in [0, 0.05) is 30.3 Å². The Morgan fingerprint density at radius 3 is 2.28 bits per heavy atom. The number of nitrogens with one attached hydrogen (secondary N) is 1. The largest absolute Gasteiger partial charge is 0.494 e. The molecule has 0 aliphatic carbocycles. The van der Waals surface area contributed by atoms with Gasteiger partial charge in [-0.3, -0.25) is 19.6 Å². The van der Waals surface area contributed by atoms with Crippen LogP contribution in [0.2, 0.25) is 0 Å². The standard InChI is InChI=1S/C34H39F5N4O4/c1-47-30-23(20-42-15-3-2-4-16-42)11-14-40-29(30)26-10-6-8-24-22(7-5-9-25(24)26)19-27(31(44)45)41-32(46)33(34(37,38)39)12-17-43(18-13-33)21-28(35)36/h5-11,14,27-28H,2-4,12-13,15-21H2,1H3,(H,41,46)(H,44,45)/t27-/m0/s1. The first-order valence-corrected chi connectivity index (χ1v) is 15.8. The van der Waals surface area contributed by atoms with Crippen molar-refractivity contribution in [2.75, 3.05) is 39.8 Å². The molecule has 47 heavy (non-hydrogen) atoms. The van der Waals surface area contributed by atoms with E-state index in [0.29, 0.717) is 28.9 Å². The first-order chi connectivity index (χ1) is 22.4. The number of amides is 1. The second-order valence-electron chi connectivity index (χ2n) is 12.3. The number of likely N-dealkylation sites (tertiary alicyclic amines) is 2. The average Bonchev–Trinajstić information content (AvgIpc) is 3.04. The minimum absolute atomic E-state index is 0.285. The maximum absolute atomic E-state index is 14.4. The predicted molar refractivity (Wildman–Crippen MR) is 166 cm³/mol. The lowest BCUT2D eigenvalue weighted by Crippen LogP contribution is -2.59. The van der Waals surface area contributed by atoms with Gasteiger partial charge in [0.1, 0.15) is 22.9 Å². The molecule has 0 saturated carbocycles. The number of methoxy groups -OCH3 is 1. The molecule has 2 aliphatic heterocycles. The number of benzene rings is 2. The zero-order valence-corrected chi connectivity index (χ0v) is 26.2. The highest BCUT2D eigenvalue weighted by atomic mass is 19.4. The lowest BCUT2D eigenvalue weighted by Gasteiger charge is -2.41. The van der Waals surface area contributed by atoms with Crippen LogP contribution in [0.5, 0.6) is 5.75 Å². The fourth-order valence-corrected chi connectivity index (χ4v) is 6.82. The summed E-state index contributed by atoms with van der Waals surface area (Å²) in [5.74, 6) is -2.33. The Morgan fingerprint density at radius 1 is 0.957 bits per heavy atom. The summed E-state index contributed by atoms with van der Waals surface area (Å²) in [6, 6.07) is 11.0. The summed E-state index contributed by atoms with van der Waals surface area (Å²) >= 11 is 0. The summed E-state index contributed by atoms with van der Waals surface area (Å²) in [5.41, 5.74) is -0.0392. The second kappa shape index (κ2) is 14.5. The van der Waals surface area contributed by atoms with Gasteiger partial charge in [-0.15, -0.1) is 0 Å². The van der Waals surface area contributed by atoms with Crippen molar-refractivity contribution in [1.29, 1.82) is 0 Å². The summed E-state index contributed by atoms with van der Waals surface area (Å²) < 4.78 is 74.6. The van der Waals surface area contributed by atoms with Crippen LogP contribution in [0.1, 0.15) is 43.2 Å². The Bertz CT molecular complexity index is 1570. The summed E-state index contributed by atoms with van der Waals surface area (Å²) in [5, 5.41) is 13.6. The lowest BCUT2D eigenvalue weighted by atomic mass is 9.76. The highest BCUT2D eigenvalue weighted by Gasteiger charge is 2.61. The lowest BCUT2D eigenvalue weighted by molar-refractivity contribution is -0.233. The van der Waals surface area contributed by atoms with Crippen molar-refractivity contribution in [3.05, 3.63) is 59.8 Å². The summed E-state index contributed by atoms with van der Waals surface area (Å²) in [4.78, 5) is 33.8. The molecule has 2 aliphatic rings. The fourth-order valence-electron chi connectivity index (χ4n) is 6.82. The second-order valence-corrected chi connectivity index (χ2v) is 12.3. The number of nitrogens with zero attached hydrogens (tertiary/aromatic N) is 3. The van der Waals surface area contributed by atoms with Gasteiger partial charge in [-0.05, 0) is 74.3 Å². The summed E-state index contributed by atoms with van der Waals surface area (Å²) in [6.07, 6.45) is -4.28. The van der Waals surface area contributed by atoms with Crippen LogP contribution in [0, 0.1) is 5.41 Å².